The quantitative estimate of drug-likeness (QED) is 0.723. The molecular weight excluding hydrogens is 310 g/mol. The molecule has 0 saturated carbocycles. The Morgan fingerprint density at radius 2 is 1.32 bits per heavy atom. The molecule has 0 N–H and O–H groups in total. The highest BCUT2D eigenvalue weighted by Gasteiger charge is 2.27. The molecule has 0 heterocycles. The van der Waals surface area contributed by atoms with Crippen molar-refractivity contribution < 1.29 is 16.8 Å². The van der Waals surface area contributed by atoms with E-state index in [0.29, 0.717) is 12.8 Å². The molecule has 0 aromatic heterocycles. The van der Waals surface area contributed by atoms with Gasteiger partial charge in [0.25, 0.3) is 0 Å². The summed E-state index contributed by atoms with van der Waals surface area (Å²) < 4.78 is 44.4. The molecular formula is C11H26ClNO4S2. The van der Waals surface area contributed by atoms with E-state index in [1.54, 1.807) is 14.0 Å². The van der Waals surface area contributed by atoms with Crippen molar-refractivity contribution in [3.63, 3.8) is 0 Å². The van der Waals surface area contributed by atoms with Crippen LogP contribution >= 0.6 is 10.7 Å². The number of rotatable bonds is 5. The third kappa shape index (κ3) is 11.7. The van der Waals surface area contributed by atoms with Gasteiger partial charge in [-0.05, 0) is 33.6 Å². The molecule has 0 bridgehead atoms. The maximum absolute atomic E-state index is 11.5. The van der Waals surface area contributed by atoms with Crippen LogP contribution in [0.25, 0.3) is 0 Å². The van der Waals surface area contributed by atoms with Crippen molar-refractivity contribution in [3.05, 3.63) is 0 Å². The monoisotopic (exact) mass is 335 g/mol. The van der Waals surface area contributed by atoms with Gasteiger partial charge in [0.2, 0.25) is 19.1 Å². The van der Waals surface area contributed by atoms with Gasteiger partial charge in [-0.3, -0.25) is 0 Å². The third-order valence-corrected chi connectivity index (χ3v) is 5.94. The van der Waals surface area contributed by atoms with Gasteiger partial charge in [-0.1, -0.05) is 13.8 Å². The van der Waals surface area contributed by atoms with Gasteiger partial charge in [0.05, 0.1) is 11.5 Å². The summed E-state index contributed by atoms with van der Waals surface area (Å²) in [7, 11) is 0.199. The van der Waals surface area contributed by atoms with Crippen molar-refractivity contribution in [2.75, 3.05) is 18.6 Å². The second-order valence-electron chi connectivity index (χ2n) is 5.20. The molecule has 0 atom stereocenters. The molecule has 0 aliphatic heterocycles. The molecule has 0 radical (unpaired) electrons. The molecule has 0 fully saturated rings. The summed E-state index contributed by atoms with van der Waals surface area (Å²) in [6.45, 7) is 9.30. The number of hydrogen-bond acceptors (Lipinski definition) is 4. The largest absolute Gasteiger partial charge is 0.232 e. The van der Waals surface area contributed by atoms with Crippen molar-refractivity contribution in [2.24, 2.45) is 0 Å². The lowest BCUT2D eigenvalue weighted by atomic mass is 10.1. The molecule has 0 aliphatic rings. The maximum atomic E-state index is 11.5. The minimum absolute atomic E-state index is 0.0779. The van der Waals surface area contributed by atoms with E-state index in [1.165, 1.54) is 4.31 Å². The van der Waals surface area contributed by atoms with Crippen LogP contribution in [0.1, 0.15) is 47.5 Å². The van der Waals surface area contributed by atoms with Gasteiger partial charge >= 0.3 is 0 Å². The zero-order valence-corrected chi connectivity index (χ0v) is 15.0. The first kappa shape index (κ1) is 21.4. The van der Waals surface area contributed by atoms with E-state index in [4.69, 9.17) is 10.7 Å². The zero-order chi connectivity index (χ0) is 15.9. The number of sulfonamides is 1. The predicted octanol–water partition coefficient (Wildman–Crippen LogP) is 2.42. The Hall–Kier alpha value is 0.150. The molecule has 0 rings (SSSR count). The second-order valence-corrected chi connectivity index (χ2v) is 10.2. The molecule has 118 valence electrons. The fraction of sp³-hybridized carbons (Fsp3) is 1.00. The van der Waals surface area contributed by atoms with Crippen molar-refractivity contribution in [2.45, 2.75) is 53.0 Å². The average Bonchev–Trinajstić information content (AvgIpc) is 2.14. The van der Waals surface area contributed by atoms with E-state index < -0.39 is 19.1 Å². The summed E-state index contributed by atoms with van der Waals surface area (Å²) in [5.41, 5.74) is -0.312. The van der Waals surface area contributed by atoms with Crippen LogP contribution in [0.2, 0.25) is 0 Å². The normalized spacial score (nSPS) is 13.1. The molecule has 5 nitrogen and oxygen atoms in total. The van der Waals surface area contributed by atoms with Gasteiger partial charge in [0.15, 0.2) is 0 Å². The van der Waals surface area contributed by atoms with Crippen LogP contribution in [-0.2, 0) is 19.1 Å². The Balaban J connectivity index is 0. The summed E-state index contributed by atoms with van der Waals surface area (Å²) in [5.74, 6) is 0.315. The number of nitrogens with zero attached hydrogens (tertiary/aromatic N) is 1. The SMILES string of the molecule is CCCS(=O)(=O)Cl.CCCS(=O)(=O)N(C)C(C)(C)C. The fourth-order valence-electron chi connectivity index (χ4n) is 1.06. The summed E-state index contributed by atoms with van der Waals surface area (Å²) in [6, 6.07) is 0. The molecule has 0 amide bonds. The van der Waals surface area contributed by atoms with Gasteiger partial charge in [-0.15, -0.1) is 0 Å². The van der Waals surface area contributed by atoms with Crippen molar-refractivity contribution in [1.29, 1.82) is 0 Å². The van der Waals surface area contributed by atoms with Gasteiger partial charge in [0, 0.05) is 23.3 Å². The first-order valence-electron chi connectivity index (χ1n) is 6.17. The molecule has 0 aromatic rings. The standard InChI is InChI=1S/C8H19NO2S.C3H7ClO2S/c1-6-7-12(10,11)9(5)8(2,3)4;1-2-3-7(4,5)6/h6-7H2,1-5H3;2-3H2,1H3. The topological polar surface area (TPSA) is 71.5 Å². The van der Waals surface area contributed by atoms with Crippen LogP contribution in [0.4, 0.5) is 0 Å². The summed E-state index contributed by atoms with van der Waals surface area (Å²) >= 11 is 0. The first-order valence-corrected chi connectivity index (χ1v) is 10.3. The van der Waals surface area contributed by atoms with E-state index >= 15 is 0 Å². The summed E-state index contributed by atoms with van der Waals surface area (Å²) in [5, 5.41) is 0. The summed E-state index contributed by atoms with van der Waals surface area (Å²) in [6.07, 6.45) is 1.26. The Bertz CT molecular complexity index is 438. The minimum atomic E-state index is -3.20. The Morgan fingerprint density at radius 1 is 0.947 bits per heavy atom. The van der Waals surface area contributed by atoms with Crippen LogP contribution < -0.4 is 0 Å². The zero-order valence-electron chi connectivity index (χ0n) is 12.6. The maximum Gasteiger partial charge on any atom is 0.232 e. The smallest absolute Gasteiger partial charge is 0.212 e. The van der Waals surface area contributed by atoms with E-state index in [9.17, 15) is 16.8 Å². The molecule has 19 heavy (non-hydrogen) atoms. The van der Waals surface area contributed by atoms with Crippen LogP contribution in [0.3, 0.4) is 0 Å². The molecule has 0 aliphatic carbocycles. The van der Waals surface area contributed by atoms with Gasteiger partial charge in [-0.25, -0.2) is 16.8 Å². The van der Waals surface area contributed by atoms with E-state index in [2.05, 4.69) is 0 Å². The van der Waals surface area contributed by atoms with Crippen molar-refractivity contribution in [3.8, 4) is 0 Å². The molecule has 8 heteroatoms. The highest BCUT2D eigenvalue weighted by atomic mass is 35.7. The predicted molar refractivity (Wildman–Crippen MR) is 81.5 cm³/mol. The van der Waals surface area contributed by atoms with Crippen LogP contribution in [0.15, 0.2) is 0 Å². The average molecular weight is 336 g/mol. The van der Waals surface area contributed by atoms with Crippen LogP contribution in [0, 0.1) is 0 Å². The van der Waals surface area contributed by atoms with Crippen molar-refractivity contribution in [1.82, 2.24) is 4.31 Å². The Morgan fingerprint density at radius 3 is 1.47 bits per heavy atom. The second kappa shape index (κ2) is 8.44. The molecule has 0 spiro atoms. The van der Waals surface area contributed by atoms with Gasteiger partial charge in [0.1, 0.15) is 0 Å². The van der Waals surface area contributed by atoms with E-state index in [-0.39, 0.29) is 17.0 Å². The number of halogens is 1. The Kier molecular flexibility index (Phi) is 9.53. The van der Waals surface area contributed by atoms with Gasteiger partial charge < -0.3 is 0 Å². The van der Waals surface area contributed by atoms with Crippen molar-refractivity contribution >= 4 is 29.8 Å². The van der Waals surface area contributed by atoms with E-state index in [0.717, 1.165) is 0 Å². The summed E-state index contributed by atoms with van der Waals surface area (Å²) in [4.78, 5) is 0. The van der Waals surface area contributed by atoms with Crippen LogP contribution in [-0.4, -0.2) is 45.2 Å². The highest BCUT2D eigenvalue weighted by molar-refractivity contribution is 8.13. The highest BCUT2D eigenvalue weighted by Crippen LogP contribution is 2.15. The van der Waals surface area contributed by atoms with E-state index in [1.807, 2.05) is 27.7 Å². The molecule has 0 aromatic carbocycles. The van der Waals surface area contributed by atoms with Crippen LogP contribution in [0.5, 0.6) is 0 Å². The fourth-order valence-corrected chi connectivity index (χ4v) is 3.63. The number of hydrogen-bond donors (Lipinski definition) is 0. The van der Waals surface area contributed by atoms with Gasteiger partial charge in [-0.2, -0.15) is 4.31 Å². The minimum Gasteiger partial charge on any atom is -0.212 e. The molecule has 0 saturated heterocycles. The third-order valence-electron chi connectivity index (χ3n) is 2.27. The lowest BCUT2D eigenvalue weighted by molar-refractivity contribution is 0.291. The lowest BCUT2D eigenvalue weighted by Crippen LogP contribution is -2.43. The lowest BCUT2D eigenvalue weighted by Gasteiger charge is -2.30. The molecule has 0 unspecified atom stereocenters. The first-order chi connectivity index (χ1) is 8.28. The Labute approximate surface area is 122 Å².